The number of nitrogens with zero attached hydrogens (tertiary/aromatic N) is 1. The number of para-hydroxylation sites is 1. The average Bonchev–Trinajstić information content (AvgIpc) is 2.61. The predicted molar refractivity (Wildman–Crippen MR) is 100 cm³/mol. The minimum absolute atomic E-state index is 0.0598. The first-order chi connectivity index (χ1) is 11.7. The van der Waals surface area contributed by atoms with Crippen molar-refractivity contribution in [2.24, 2.45) is 0 Å². The molecule has 1 saturated heterocycles. The van der Waals surface area contributed by atoms with Gasteiger partial charge in [-0.1, -0.05) is 25.1 Å². The van der Waals surface area contributed by atoms with Crippen LogP contribution in [0, 0.1) is 0 Å². The number of hydrogen-bond acceptors (Lipinski definition) is 4. The summed E-state index contributed by atoms with van der Waals surface area (Å²) in [5.41, 5.74) is 1.91. The van der Waals surface area contributed by atoms with Gasteiger partial charge in [-0.05, 0) is 37.4 Å². The lowest BCUT2D eigenvalue weighted by molar-refractivity contribution is -0.129. The highest BCUT2D eigenvalue weighted by Crippen LogP contribution is 2.16. The Morgan fingerprint density at radius 2 is 1.88 bits per heavy atom. The molecule has 2 rings (SSSR count). The smallest absolute Gasteiger partial charge is 0.234 e. The summed E-state index contributed by atoms with van der Waals surface area (Å²) in [5.74, 6) is 0.775. The van der Waals surface area contributed by atoms with E-state index < -0.39 is 0 Å². The van der Waals surface area contributed by atoms with Gasteiger partial charge in [-0.3, -0.25) is 9.59 Å². The van der Waals surface area contributed by atoms with E-state index in [1.807, 2.05) is 29.2 Å². The third kappa shape index (κ3) is 6.17. The minimum Gasteiger partial charge on any atom is -0.342 e. The lowest BCUT2D eigenvalue weighted by Gasteiger charge is -2.26. The molecule has 2 N–H and O–H groups in total. The maximum atomic E-state index is 12.1. The largest absolute Gasteiger partial charge is 0.342 e. The zero-order valence-electron chi connectivity index (χ0n) is 14.3. The summed E-state index contributed by atoms with van der Waals surface area (Å²) in [6.07, 6.45) is 3.41. The van der Waals surface area contributed by atoms with Crippen LogP contribution in [0.25, 0.3) is 0 Å². The SMILES string of the molecule is CCNCc1ccccc1NC(=O)CSCC(=O)N1CCCCC1. The topological polar surface area (TPSA) is 61.4 Å². The number of benzene rings is 1. The van der Waals surface area contributed by atoms with Crippen molar-refractivity contribution in [2.75, 3.05) is 36.5 Å². The standard InChI is InChI=1S/C18H27N3O2S/c1-2-19-12-15-8-4-5-9-16(15)20-17(22)13-24-14-18(23)21-10-6-3-7-11-21/h4-5,8-9,19H,2-3,6-7,10-14H2,1H3,(H,20,22). The minimum atomic E-state index is -0.0598. The summed E-state index contributed by atoms with van der Waals surface area (Å²) >= 11 is 1.39. The van der Waals surface area contributed by atoms with Crippen molar-refractivity contribution in [1.29, 1.82) is 0 Å². The molecule has 5 nitrogen and oxygen atoms in total. The Labute approximate surface area is 148 Å². The highest BCUT2D eigenvalue weighted by Gasteiger charge is 2.16. The van der Waals surface area contributed by atoms with E-state index in [0.717, 1.165) is 50.3 Å². The molecule has 1 fully saturated rings. The van der Waals surface area contributed by atoms with Gasteiger partial charge in [0.2, 0.25) is 11.8 Å². The molecule has 0 aromatic heterocycles. The fourth-order valence-electron chi connectivity index (χ4n) is 2.71. The van der Waals surface area contributed by atoms with Crippen LogP contribution < -0.4 is 10.6 Å². The van der Waals surface area contributed by atoms with Gasteiger partial charge in [0.05, 0.1) is 11.5 Å². The van der Waals surface area contributed by atoms with Gasteiger partial charge in [0.1, 0.15) is 0 Å². The number of amides is 2. The number of rotatable bonds is 8. The molecular weight excluding hydrogens is 322 g/mol. The van der Waals surface area contributed by atoms with Gasteiger partial charge < -0.3 is 15.5 Å². The first kappa shape index (κ1) is 18.8. The van der Waals surface area contributed by atoms with Crippen molar-refractivity contribution in [3.63, 3.8) is 0 Å². The second-order valence-electron chi connectivity index (χ2n) is 5.92. The molecule has 0 spiro atoms. The van der Waals surface area contributed by atoms with Crippen molar-refractivity contribution >= 4 is 29.3 Å². The fourth-order valence-corrected chi connectivity index (χ4v) is 3.42. The molecule has 6 heteroatoms. The second-order valence-corrected chi connectivity index (χ2v) is 6.91. The summed E-state index contributed by atoms with van der Waals surface area (Å²) in [6, 6.07) is 7.80. The number of carbonyl (C=O) groups is 2. The van der Waals surface area contributed by atoms with Crippen LogP contribution in [0.15, 0.2) is 24.3 Å². The zero-order chi connectivity index (χ0) is 17.2. The molecule has 0 radical (unpaired) electrons. The van der Waals surface area contributed by atoms with Crippen LogP contribution in [0.4, 0.5) is 5.69 Å². The Hall–Kier alpha value is -1.53. The molecule has 1 aromatic rings. The van der Waals surface area contributed by atoms with Crippen LogP contribution >= 0.6 is 11.8 Å². The summed E-state index contributed by atoms with van der Waals surface area (Å²) in [6.45, 7) is 5.40. The van der Waals surface area contributed by atoms with Gasteiger partial charge in [-0.15, -0.1) is 11.8 Å². The van der Waals surface area contributed by atoms with Gasteiger partial charge >= 0.3 is 0 Å². The predicted octanol–water partition coefficient (Wildman–Crippen LogP) is 2.48. The normalized spacial score (nSPS) is 14.5. The van der Waals surface area contributed by atoms with Crippen LogP contribution in [0.5, 0.6) is 0 Å². The number of carbonyl (C=O) groups excluding carboxylic acids is 2. The van der Waals surface area contributed by atoms with Crippen molar-refractivity contribution in [1.82, 2.24) is 10.2 Å². The molecule has 0 unspecified atom stereocenters. The third-order valence-corrected chi connectivity index (χ3v) is 4.94. The molecule has 2 amide bonds. The maximum absolute atomic E-state index is 12.1. The van der Waals surface area contributed by atoms with E-state index in [-0.39, 0.29) is 11.8 Å². The molecule has 0 aliphatic carbocycles. The molecule has 132 valence electrons. The quantitative estimate of drug-likeness (QED) is 0.757. The lowest BCUT2D eigenvalue weighted by atomic mass is 10.1. The van der Waals surface area contributed by atoms with Crippen molar-refractivity contribution in [2.45, 2.75) is 32.7 Å². The maximum Gasteiger partial charge on any atom is 0.234 e. The van der Waals surface area contributed by atoms with E-state index in [2.05, 4.69) is 17.6 Å². The number of anilines is 1. The van der Waals surface area contributed by atoms with Crippen LogP contribution in [-0.2, 0) is 16.1 Å². The Kier molecular flexibility index (Phi) is 8.12. The molecule has 1 heterocycles. The van der Waals surface area contributed by atoms with Crippen molar-refractivity contribution in [3.05, 3.63) is 29.8 Å². The number of hydrogen-bond donors (Lipinski definition) is 2. The molecule has 1 aliphatic rings. The first-order valence-electron chi connectivity index (χ1n) is 8.64. The highest BCUT2D eigenvalue weighted by atomic mass is 32.2. The zero-order valence-corrected chi connectivity index (χ0v) is 15.2. The van der Waals surface area contributed by atoms with E-state index in [1.165, 1.54) is 18.2 Å². The van der Waals surface area contributed by atoms with Crippen molar-refractivity contribution < 1.29 is 9.59 Å². The van der Waals surface area contributed by atoms with Gasteiger partial charge in [-0.25, -0.2) is 0 Å². The Bertz CT molecular complexity index is 545. The fraction of sp³-hybridized carbons (Fsp3) is 0.556. The lowest BCUT2D eigenvalue weighted by Crippen LogP contribution is -2.37. The van der Waals surface area contributed by atoms with Crippen molar-refractivity contribution in [3.8, 4) is 0 Å². The summed E-state index contributed by atoms with van der Waals surface area (Å²) in [5, 5.41) is 6.21. The molecular formula is C18H27N3O2S. The van der Waals surface area contributed by atoms with E-state index in [1.54, 1.807) is 0 Å². The number of piperidine rings is 1. The summed E-state index contributed by atoms with van der Waals surface area (Å²) in [4.78, 5) is 26.1. The van der Waals surface area contributed by atoms with Crippen LogP contribution in [0.3, 0.4) is 0 Å². The van der Waals surface area contributed by atoms with Crippen LogP contribution in [-0.4, -0.2) is 47.9 Å². The monoisotopic (exact) mass is 349 g/mol. The summed E-state index contributed by atoms with van der Waals surface area (Å²) in [7, 11) is 0. The van der Waals surface area contributed by atoms with Gasteiger partial charge in [-0.2, -0.15) is 0 Å². The van der Waals surface area contributed by atoms with Gasteiger partial charge in [0, 0.05) is 25.3 Å². The van der Waals surface area contributed by atoms with Gasteiger partial charge in [0.15, 0.2) is 0 Å². The molecule has 0 atom stereocenters. The van der Waals surface area contributed by atoms with E-state index in [4.69, 9.17) is 0 Å². The van der Waals surface area contributed by atoms with E-state index in [0.29, 0.717) is 11.5 Å². The molecule has 1 aromatic carbocycles. The Morgan fingerprint density at radius 3 is 2.62 bits per heavy atom. The third-order valence-electron chi connectivity index (χ3n) is 4.02. The van der Waals surface area contributed by atoms with E-state index in [9.17, 15) is 9.59 Å². The number of nitrogens with one attached hydrogen (secondary N) is 2. The highest BCUT2D eigenvalue weighted by molar-refractivity contribution is 8.00. The van der Waals surface area contributed by atoms with Crippen LogP contribution in [0.2, 0.25) is 0 Å². The Morgan fingerprint density at radius 1 is 1.12 bits per heavy atom. The first-order valence-corrected chi connectivity index (χ1v) is 9.80. The summed E-state index contributed by atoms with van der Waals surface area (Å²) < 4.78 is 0. The molecule has 0 bridgehead atoms. The molecule has 24 heavy (non-hydrogen) atoms. The molecule has 0 saturated carbocycles. The van der Waals surface area contributed by atoms with E-state index >= 15 is 0 Å². The number of thioether (sulfide) groups is 1. The Balaban J connectivity index is 1.74. The van der Waals surface area contributed by atoms with Gasteiger partial charge in [0.25, 0.3) is 0 Å². The average molecular weight is 350 g/mol. The second kappa shape index (κ2) is 10.4. The van der Waals surface area contributed by atoms with Crippen LogP contribution in [0.1, 0.15) is 31.7 Å². The number of likely N-dealkylation sites (tertiary alicyclic amines) is 1. The molecule has 1 aliphatic heterocycles.